The number of aliphatic hydroxyl groups excluding tert-OH is 1. The summed E-state index contributed by atoms with van der Waals surface area (Å²) in [7, 11) is 0. The summed E-state index contributed by atoms with van der Waals surface area (Å²) in [5.41, 5.74) is 2.61. The molecule has 31 heavy (non-hydrogen) atoms. The van der Waals surface area contributed by atoms with Gasteiger partial charge in [-0.15, -0.1) is 0 Å². The van der Waals surface area contributed by atoms with Crippen molar-refractivity contribution in [2.45, 2.75) is 32.0 Å². The van der Waals surface area contributed by atoms with Crippen molar-refractivity contribution < 1.29 is 27.6 Å². The molecule has 11 heteroatoms. The molecule has 2 atom stereocenters. The van der Waals surface area contributed by atoms with Gasteiger partial charge in [0.05, 0.1) is 18.3 Å². The fourth-order valence-electron chi connectivity index (χ4n) is 2.79. The molecule has 2 heterocycles. The molecule has 0 aliphatic rings. The van der Waals surface area contributed by atoms with E-state index < -0.39 is 31.2 Å². The molecule has 0 aliphatic carbocycles. The van der Waals surface area contributed by atoms with Crippen LogP contribution in [0.3, 0.4) is 0 Å². The number of hydrogen-bond donors (Lipinski definition) is 3. The zero-order valence-corrected chi connectivity index (χ0v) is 16.4. The van der Waals surface area contributed by atoms with Crippen LogP contribution in [0.5, 0.6) is 0 Å². The maximum atomic E-state index is 13.1. The third-order valence-corrected chi connectivity index (χ3v) is 4.44. The lowest BCUT2D eigenvalue weighted by atomic mass is 9.99. The summed E-state index contributed by atoms with van der Waals surface area (Å²) in [5, 5.41) is 18.7. The van der Waals surface area contributed by atoms with Crippen LogP contribution >= 0.6 is 0 Å². The zero-order valence-electron chi connectivity index (χ0n) is 16.4. The summed E-state index contributed by atoms with van der Waals surface area (Å²) in [5.74, 6) is -0.809. The highest BCUT2D eigenvalue weighted by molar-refractivity contribution is 5.79. The number of nitrogens with zero attached hydrogens (tertiary/aromatic N) is 3. The Morgan fingerprint density at radius 3 is 2.42 bits per heavy atom. The Hall–Kier alpha value is -3.47. The van der Waals surface area contributed by atoms with E-state index in [0.29, 0.717) is 18.4 Å². The Kier molecular flexibility index (Phi) is 7.19. The van der Waals surface area contributed by atoms with Gasteiger partial charge in [-0.05, 0) is 22.3 Å². The number of pyridine rings is 1. The molecule has 0 unspecified atom stereocenters. The van der Waals surface area contributed by atoms with Gasteiger partial charge < -0.3 is 20.3 Å². The molecule has 0 saturated carbocycles. The van der Waals surface area contributed by atoms with Crippen molar-refractivity contribution in [2.24, 2.45) is 0 Å². The van der Waals surface area contributed by atoms with E-state index in [1.165, 1.54) is 12.1 Å². The van der Waals surface area contributed by atoms with Crippen molar-refractivity contribution in [1.82, 2.24) is 20.4 Å². The van der Waals surface area contributed by atoms with E-state index in [9.17, 15) is 23.1 Å². The van der Waals surface area contributed by atoms with E-state index in [2.05, 4.69) is 20.4 Å². The summed E-state index contributed by atoms with van der Waals surface area (Å²) in [4.78, 5) is 19.5. The normalized spacial score (nSPS) is 13.1. The lowest BCUT2D eigenvalue weighted by Gasteiger charge is -2.22. The number of alkyl halides is 3. The Morgan fingerprint density at radius 1 is 1.16 bits per heavy atom. The molecule has 3 rings (SSSR count). The van der Waals surface area contributed by atoms with Gasteiger partial charge in [-0.1, -0.05) is 30.3 Å². The van der Waals surface area contributed by atoms with Crippen LogP contribution in [0.1, 0.15) is 23.3 Å². The SMILES string of the molecule is Cc1nc(NCc2ccc(-c3ccc([C@H](O)[C@@H](CF)NC(=O)C(F)F)cc3)cn2)no1. The summed E-state index contributed by atoms with van der Waals surface area (Å²) >= 11 is 0. The maximum Gasteiger partial charge on any atom is 0.315 e. The van der Waals surface area contributed by atoms with Crippen molar-refractivity contribution in [1.29, 1.82) is 0 Å². The van der Waals surface area contributed by atoms with Gasteiger partial charge in [0.2, 0.25) is 5.89 Å². The Labute approximate surface area is 175 Å². The predicted octanol–water partition coefficient (Wildman–Crippen LogP) is 2.80. The van der Waals surface area contributed by atoms with Gasteiger partial charge in [0.1, 0.15) is 12.8 Å². The van der Waals surface area contributed by atoms with Crippen LogP contribution in [0.4, 0.5) is 19.1 Å². The molecule has 3 aromatic rings. The monoisotopic (exact) mass is 435 g/mol. The molecule has 3 N–H and O–H groups in total. The molecular weight excluding hydrogens is 415 g/mol. The van der Waals surface area contributed by atoms with E-state index in [1.807, 2.05) is 12.1 Å². The number of carbonyl (C=O) groups is 1. The van der Waals surface area contributed by atoms with Crippen LogP contribution < -0.4 is 10.6 Å². The first-order valence-electron chi connectivity index (χ1n) is 9.29. The number of hydrogen-bond acceptors (Lipinski definition) is 7. The summed E-state index contributed by atoms with van der Waals surface area (Å²) in [6.07, 6.45) is -3.09. The molecular formula is C20H20F3N5O3. The zero-order chi connectivity index (χ0) is 22.4. The van der Waals surface area contributed by atoms with Crippen molar-refractivity contribution in [2.75, 3.05) is 12.0 Å². The number of benzene rings is 1. The van der Waals surface area contributed by atoms with Crippen molar-refractivity contribution in [3.05, 3.63) is 59.7 Å². The average Bonchev–Trinajstić information content (AvgIpc) is 3.21. The van der Waals surface area contributed by atoms with Gasteiger partial charge >= 0.3 is 6.43 Å². The van der Waals surface area contributed by atoms with Crippen molar-refractivity contribution >= 4 is 11.9 Å². The quantitative estimate of drug-likeness (QED) is 0.474. The third-order valence-electron chi connectivity index (χ3n) is 4.44. The summed E-state index contributed by atoms with van der Waals surface area (Å²) in [6, 6.07) is 8.63. The number of aryl methyl sites for hydroxylation is 1. The van der Waals surface area contributed by atoms with Crippen LogP contribution in [-0.2, 0) is 11.3 Å². The van der Waals surface area contributed by atoms with E-state index >= 15 is 0 Å². The number of amides is 1. The first-order valence-corrected chi connectivity index (χ1v) is 9.29. The fourth-order valence-corrected chi connectivity index (χ4v) is 2.79. The van der Waals surface area contributed by atoms with E-state index in [0.717, 1.165) is 16.8 Å². The van der Waals surface area contributed by atoms with Gasteiger partial charge in [-0.2, -0.15) is 13.8 Å². The summed E-state index contributed by atoms with van der Waals surface area (Å²) < 4.78 is 42.7. The van der Waals surface area contributed by atoms with Crippen molar-refractivity contribution in [3.8, 4) is 11.1 Å². The van der Waals surface area contributed by atoms with E-state index in [1.54, 1.807) is 30.6 Å². The molecule has 0 spiro atoms. The Balaban J connectivity index is 1.63. The fraction of sp³-hybridized carbons (Fsp3) is 0.300. The molecule has 0 bridgehead atoms. The lowest BCUT2D eigenvalue weighted by molar-refractivity contribution is -0.133. The molecule has 1 aromatic carbocycles. The largest absolute Gasteiger partial charge is 0.386 e. The first-order chi connectivity index (χ1) is 14.9. The molecule has 8 nitrogen and oxygen atoms in total. The molecule has 2 aromatic heterocycles. The van der Waals surface area contributed by atoms with Gasteiger partial charge in [0, 0.05) is 18.7 Å². The molecule has 0 aliphatic heterocycles. The predicted molar refractivity (Wildman–Crippen MR) is 105 cm³/mol. The average molecular weight is 435 g/mol. The molecule has 0 saturated heterocycles. The van der Waals surface area contributed by atoms with Crippen LogP contribution in [0.2, 0.25) is 0 Å². The van der Waals surface area contributed by atoms with Crippen LogP contribution in [0.25, 0.3) is 11.1 Å². The van der Waals surface area contributed by atoms with Gasteiger partial charge in [0.15, 0.2) is 0 Å². The Morgan fingerprint density at radius 2 is 1.87 bits per heavy atom. The summed E-state index contributed by atoms with van der Waals surface area (Å²) in [6.45, 7) is 0.899. The van der Waals surface area contributed by atoms with E-state index in [-0.39, 0.29) is 5.56 Å². The standard InChI is InChI=1S/C20H20F3N5O3/c1-11-26-20(28-31-11)25-10-15-7-6-14(9-24-15)12-2-4-13(5-3-12)17(29)16(8-21)27-19(30)18(22)23/h2-7,9,16-18,29H,8,10H2,1H3,(H,25,28)(H,27,30)/t16-,17+/m1/s1. The minimum absolute atomic E-state index is 0.283. The number of aliphatic hydroxyl groups is 1. The van der Waals surface area contributed by atoms with E-state index in [4.69, 9.17) is 4.52 Å². The molecule has 164 valence electrons. The molecule has 0 fully saturated rings. The number of halogens is 3. The van der Waals surface area contributed by atoms with Gasteiger partial charge in [-0.25, -0.2) is 4.39 Å². The number of carbonyl (C=O) groups excluding carboxylic acids is 1. The molecule has 0 radical (unpaired) electrons. The van der Waals surface area contributed by atoms with Crippen LogP contribution in [-0.4, -0.2) is 45.3 Å². The lowest BCUT2D eigenvalue weighted by Crippen LogP contribution is -2.43. The van der Waals surface area contributed by atoms with Crippen LogP contribution in [0.15, 0.2) is 47.1 Å². The minimum Gasteiger partial charge on any atom is -0.386 e. The number of nitrogens with one attached hydrogen (secondary N) is 2. The highest BCUT2D eigenvalue weighted by atomic mass is 19.3. The molecule has 1 amide bonds. The second-order valence-corrected chi connectivity index (χ2v) is 6.67. The number of anilines is 1. The maximum absolute atomic E-state index is 13.1. The highest BCUT2D eigenvalue weighted by Gasteiger charge is 2.26. The van der Waals surface area contributed by atoms with Gasteiger partial charge in [0.25, 0.3) is 11.9 Å². The topological polar surface area (TPSA) is 113 Å². The third kappa shape index (κ3) is 5.79. The minimum atomic E-state index is -3.29. The Bertz CT molecular complexity index is 996. The number of rotatable bonds is 9. The van der Waals surface area contributed by atoms with Gasteiger partial charge in [-0.3, -0.25) is 9.78 Å². The smallest absolute Gasteiger partial charge is 0.315 e. The van der Waals surface area contributed by atoms with Crippen molar-refractivity contribution in [3.63, 3.8) is 0 Å². The second kappa shape index (κ2) is 10.0. The number of aromatic nitrogens is 3. The first kappa shape index (κ1) is 22.2. The highest BCUT2D eigenvalue weighted by Crippen LogP contribution is 2.24. The second-order valence-electron chi connectivity index (χ2n) is 6.67. The van der Waals surface area contributed by atoms with Crippen LogP contribution in [0, 0.1) is 6.92 Å².